The lowest BCUT2D eigenvalue weighted by atomic mass is 9.61. The topological polar surface area (TPSA) is 9.23 Å². The van der Waals surface area contributed by atoms with Crippen LogP contribution in [0, 0.1) is 55.4 Å². The van der Waals surface area contributed by atoms with Crippen LogP contribution in [0.1, 0.15) is 111 Å². The molecule has 3 aliphatic rings. The summed E-state index contributed by atoms with van der Waals surface area (Å²) in [6.45, 7) is 27.9. The predicted octanol–water partition coefficient (Wildman–Crippen LogP) is 9.96. The molecule has 1 nitrogen and oxygen atoms in total. The molecule has 0 N–H and O–H groups in total. The van der Waals surface area contributed by atoms with E-state index in [0.29, 0.717) is 0 Å². The van der Waals surface area contributed by atoms with Crippen molar-refractivity contribution < 1.29 is 4.74 Å². The quantitative estimate of drug-likeness (QED) is 0.290. The molecule has 2 aliphatic carbocycles. The maximum Gasteiger partial charge on any atom is 0.135 e. The summed E-state index contributed by atoms with van der Waals surface area (Å²) in [7, 11) is 0. The average molecular weight is 515 g/mol. The van der Waals surface area contributed by atoms with E-state index in [2.05, 4.69) is 113 Å². The molecule has 0 atom stereocenters. The summed E-state index contributed by atoms with van der Waals surface area (Å²) in [6.07, 6.45) is 8.96. The lowest BCUT2D eigenvalue weighted by molar-refractivity contribution is 0.429. The zero-order valence-corrected chi connectivity index (χ0v) is 25.9. The summed E-state index contributed by atoms with van der Waals surface area (Å²) in [6, 6.07) is 4.69. The third-order valence-electron chi connectivity index (χ3n) is 10.9. The molecule has 0 fully saturated rings. The Hall–Kier alpha value is -3.32. The third kappa shape index (κ3) is 3.02. The van der Waals surface area contributed by atoms with E-state index in [1.165, 1.54) is 94.6 Å². The second-order valence-corrected chi connectivity index (χ2v) is 12.9. The van der Waals surface area contributed by atoms with Crippen LogP contribution < -0.4 is 4.74 Å². The van der Waals surface area contributed by atoms with E-state index in [0.717, 1.165) is 5.75 Å². The van der Waals surface area contributed by atoms with E-state index in [-0.39, 0.29) is 5.41 Å². The molecule has 0 saturated carbocycles. The van der Waals surface area contributed by atoms with Gasteiger partial charge in [0, 0.05) is 16.5 Å². The first-order valence-corrected chi connectivity index (χ1v) is 14.4. The molecule has 39 heavy (non-hydrogen) atoms. The molecule has 1 heterocycles. The number of rotatable bonds is 0. The van der Waals surface area contributed by atoms with Gasteiger partial charge < -0.3 is 4.74 Å². The average Bonchev–Trinajstić information content (AvgIpc) is 3.19. The summed E-state index contributed by atoms with van der Waals surface area (Å²) in [4.78, 5) is 0. The van der Waals surface area contributed by atoms with Crippen molar-refractivity contribution in [2.75, 3.05) is 0 Å². The highest BCUT2D eigenvalue weighted by atomic mass is 16.5. The Kier molecular flexibility index (Phi) is 5.39. The minimum atomic E-state index is -0.467. The molecule has 1 aliphatic heterocycles. The smallest absolute Gasteiger partial charge is 0.135 e. The van der Waals surface area contributed by atoms with E-state index < -0.39 is 5.41 Å². The normalized spacial score (nSPS) is 17.5. The molecule has 0 amide bonds. The highest BCUT2D eigenvalue weighted by molar-refractivity contribution is 5.98. The molecule has 0 bridgehead atoms. The van der Waals surface area contributed by atoms with Gasteiger partial charge in [-0.3, -0.25) is 0 Å². The van der Waals surface area contributed by atoms with Gasteiger partial charge in [0.1, 0.15) is 5.75 Å². The van der Waals surface area contributed by atoms with E-state index in [9.17, 15) is 0 Å². The van der Waals surface area contributed by atoms with Gasteiger partial charge in [0.05, 0.1) is 11.7 Å². The molecule has 0 radical (unpaired) electrons. The lowest BCUT2D eigenvalue weighted by Gasteiger charge is -2.42. The predicted molar refractivity (Wildman–Crippen MR) is 167 cm³/mol. The van der Waals surface area contributed by atoms with E-state index >= 15 is 0 Å². The second kappa shape index (κ2) is 8.10. The Labute approximate surface area is 235 Å². The molecule has 1 heteroatoms. The first-order valence-electron chi connectivity index (χ1n) is 14.4. The lowest BCUT2D eigenvalue weighted by Crippen LogP contribution is -2.35. The van der Waals surface area contributed by atoms with Gasteiger partial charge >= 0.3 is 0 Å². The summed E-state index contributed by atoms with van der Waals surface area (Å²) in [5.74, 6) is 1.03. The molecule has 0 saturated heterocycles. The molecule has 200 valence electrons. The molecule has 0 aromatic heterocycles. The van der Waals surface area contributed by atoms with Crippen molar-refractivity contribution in [3.8, 4) is 5.75 Å². The standard InChI is InChI=1S/C38H42O/c1-19-21(3)27(9)33-31(23(19)5)25(7)26(8)32-24(6)20(2)22(4)28(10)34(32)38(33)17-18-39-36-30(38)14-13-29-15-16-37(11,12)35(29)36/h13-18H,1-12H3. The van der Waals surface area contributed by atoms with Crippen molar-refractivity contribution in [3.05, 3.63) is 114 Å². The molecular weight excluding hydrogens is 472 g/mol. The van der Waals surface area contributed by atoms with Gasteiger partial charge in [-0.15, -0.1) is 0 Å². The second-order valence-electron chi connectivity index (χ2n) is 12.9. The number of fused-ring (bicyclic) bond motifs is 8. The van der Waals surface area contributed by atoms with Crippen molar-refractivity contribution in [1.82, 2.24) is 0 Å². The van der Waals surface area contributed by atoms with Crippen LogP contribution in [0.5, 0.6) is 5.75 Å². The summed E-state index contributed by atoms with van der Waals surface area (Å²) in [5.41, 5.74) is 22.9. The maximum atomic E-state index is 6.57. The summed E-state index contributed by atoms with van der Waals surface area (Å²) < 4.78 is 6.57. The van der Waals surface area contributed by atoms with Crippen LogP contribution in [0.4, 0.5) is 0 Å². The van der Waals surface area contributed by atoms with Gasteiger partial charge in [0.15, 0.2) is 0 Å². The van der Waals surface area contributed by atoms with Crippen molar-refractivity contribution in [1.29, 1.82) is 0 Å². The van der Waals surface area contributed by atoms with Crippen LogP contribution in [0.3, 0.4) is 0 Å². The van der Waals surface area contributed by atoms with Crippen LogP contribution in [0.15, 0.2) is 30.5 Å². The minimum Gasteiger partial charge on any atom is -0.465 e. The Morgan fingerprint density at radius 2 is 1.03 bits per heavy atom. The van der Waals surface area contributed by atoms with Gasteiger partial charge in [0.2, 0.25) is 0 Å². The molecule has 0 unspecified atom stereocenters. The van der Waals surface area contributed by atoms with E-state index in [1.54, 1.807) is 0 Å². The molecule has 3 aromatic rings. The first-order chi connectivity index (χ1) is 18.3. The van der Waals surface area contributed by atoms with Gasteiger partial charge in [-0.25, -0.2) is 0 Å². The van der Waals surface area contributed by atoms with Crippen LogP contribution in [0.25, 0.3) is 17.2 Å². The SMILES string of the molecule is CC1=C(C)c2c(C)c(C)c(C)c(C)c2C2(C=COc3c2ccc2c3C(C)(C)C=C2)c2c(C)c(C)c(C)c(C)c21. The number of hydrogen-bond acceptors (Lipinski definition) is 1. The van der Waals surface area contributed by atoms with E-state index in [1.807, 2.05) is 6.26 Å². The highest BCUT2D eigenvalue weighted by Crippen LogP contribution is 2.59. The fourth-order valence-corrected chi connectivity index (χ4v) is 7.99. The van der Waals surface area contributed by atoms with Gasteiger partial charge in [-0.05, 0) is 159 Å². The minimum absolute atomic E-state index is 0.0875. The Balaban J connectivity index is 1.94. The fourth-order valence-electron chi connectivity index (χ4n) is 7.99. The zero-order chi connectivity index (χ0) is 28.3. The summed E-state index contributed by atoms with van der Waals surface area (Å²) >= 11 is 0. The maximum absolute atomic E-state index is 6.57. The van der Waals surface area contributed by atoms with Crippen molar-refractivity contribution in [2.24, 2.45) is 0 Å². The number of allylic oxidation sites excluding steroid dienone is 4. The van der Waals surface area contributed by atoms with Crippen molar-refractivity contribution >= 4 is 17.2 Å². The number of benzene rings is 3. The number of ether oxygens (including phenoxy) is 1. The number of hydrogen-bond donors (Lipinski definition) is 0. The Bertz CT molecular complexity index is 1650. The van der Waals surface area contributed by atoms with Gasteiger partial charge in [0.25, 0.3) is 0 Å². The van der Waals surface area contributed by atoms with Crippen molar-refractivity contribution in [3.63, 3.8) is 0 Å². The van der Waals surface area contributed by atoms with E-state index in [4.69, 9.17) is 4.74 Å². The molecular formula is C38H42O. The van der Waals surface area contributed by atoms with Gasteiger partial charge in [-0.2, -0.15) is 0 Å². The highest BCUT2D eigenvalue weighted by Gasteiger charge is 2.48. The van der Waals surface area contributed by atoms with Crippen molar-refractivity contribution in [2.45, 2.75) is 93.9 Å². The Morgan fingerprint density at radius 3 is 1.54 bits per heavy atom. The van der Waals surface area contributed by atoms with Crippen LogP contribution >= 0.6 is 0 Å². The fraction of sp³-hybridized carbons (Fsp3) is 0.368. The molecule has 1 spiro atoms. The first kappa shape index (κ1) is 25.9. The zero-order valence-electron chi connectivity index (χ0n) is 25.9. The molecule has 6 rings (SSSR count). The van der Waals surface area contributed by atoms with Crippen LogP contribution in [0.2, 0.25) is 0 Å². The third-order valence-corrected chi connectivity index (χ3v) is 10.9. The Morgan fingerprint density at radius 1 is 0.538 bits per heavy atom. The van der Waals surface area contributed by atoms with Crippen LogP contribution in [-0.4, -0.2) is 0 Å². The monoisotopic (exact) mass is 514 g/mol. The largest absolute Gasteiger partial charge is 0.465 e. The molecule has 3 aromatic carbocycles. The summed E-state index contributed by atoms with van der Waals surface area (Å²) in [5, 5.41) is 0. The van der Waals surface area contributed by atoms with Gasteiger partial charge in [-0.1, -0.05) is 38.1 Å². The van der Waals surface area contributed by atoms with Crippen LogP contribution in [-0.2, 0) is 10.8 Å².